The Labute approximate surface area is 134 Å². The van der Waals surface area contributed by atoms with Gasteiger partial charge in [-0.3, -0.25) is 0 Å². The fraction of sp³-hybridized carbons (Fsp3) is 0.400. The number of fused-ring (bicyclic) bond motifs is 1. The number of nitrogens with one attached hydrogen (secondary N) is 2. The van der Waals surface area contributed by atoms with Crippen LogP contribution in [0.5, 0.6) is 0 Å². The van der Waals surface area contributed by atoms with E-state index in [-0.39, 0.29) is 12.4 Å². The molecule has 1 fully saturated rings. The number of piperidine rings is 1. The molecule has 3 aromatic rings. The molecule has 1 saturated heterocycles. The second-order valence-corrected chi connectivity index (χ2v) is 5.67. The zero-order valence-corrected chi connectivity index (χ0v) is 13.2. The van der Waals surface area contributed by atoms with Gasteiger partial charge in [-0.25, -0.2) is 9.67 Å². The fourth-order valence-electron chi connectivity index (χ4n) is 2.88. The minimum atomic E-state index is 0. The second kappa shape index (κ2) is 6.06. The van der Waals surface area contributed by atoms with Gasteiger partial charge in [-0.1, -0.05) is 11.3 Å². The maximum Gasteiger partial charge on any atom is 0.160 e. The molecule has 4 rings (SSSR count). The first-order chi connectivity index (χ1) is 10.3. The summed E-state index contributed by atoms with van der Waals surface area (Å²) in [7, 11) is 0. The van der Waals surface area contributed by atoms with Crippen molar-refractivity contribution in [2.24, 2.45) is 0 Å². The van der Waals surface area contributed by atoms with Crippen molar-refractivity contribution in [1.29, 1.82) is 0 Å². The lowest BCUT2D eigenvalue weighted by Crippen LogP contribution is -2.29. The van der Waals surface area contributed by atoms with Crippen molar-refractivity contribution in [3.05, 3.63) is 30.0 Å². The van der Waals surface area contributed by atoms with E-state index < -0.39 is 0 Å². The second-order valence-electron chi connectivity index (χ2n) is 5.67. The molecule has 3 heterocycles. The van der Waals surface area contributed by atoms with Gasteiger partial charge in [-0.05, 0) is 50.6 Å². The van der Waals surface area contributed by atoms with Gasteiger partial charge in [-0.2, -0.15) is 0 Å². The molecule has 116 valence electrons. The Balaban J connectivity index is 0.00000144. The lowest BCUT2D eigenvalue weighted by Gasteiger charge is -2.21. The number of H-pyrrole nitrogens is 1. The lowest BCUT2D eigenvalue weighted by atomic mass is 10.1. The van der Waals surface area contributed by atoms with Crippen molar-refractivity contribution in [3.8, 4) is 11.5 Å². The highest BCUT2D eigenvalue weighted by atomic mass is 35.5. The van der Waals surface area contributed by atoms with Gasteiger partial charge in [0.05, 0.1) is 23.3 Å². The molecule has 0 radical (unpaired) electrons. The van der Waals surface area contributed by atoms with Gasteiger partial charge in [0, 0.05) is 0 Å². The highest BCUT2D eigenvalue weighted by molar-refractivity contribution is 5.85. The minimum Gasteiger partial charge on any atom is -0.337 e. The van der Waals surface area contributed by atoms with Crippen LogP contribution >= 0.6 is 12.4 Å². The highest BCUT2D eigenvalue weighted by Gasteiger charge is 2.17. The third-order valence-corrected chi connectivity index (χ3v) is 4.07. The van der Waals surface area contributed by atoms with Crippen molar-refractivity contribution in [1.82, 2.24) is 30.3 Å². The quantitative estimate of drug-likeness (QED) is 0.761. The van der Waals surface area contributed by atoms with Gasteiger partial charge in [-0.15, -0.1) is 17.5 Å². The molecule has 2 aromatic heterocycles. The number of imidazole rings is 1. The third-order valence-electron chi connectivity index (χ3n) is 4.07. The van der Waals surface area contributed by atoms with Gasteiger partial charge in [0.1, 0.15) is 5.69 Å². The molecule has 0 unspecified atom stereocenters. The summed E-state index contributed by atoms with van der Waals surface area (Å²) in [5.74, 6) is 0.788. The van der Waals surface area contributed by atoms with Crippen molar-refractivity contribution < 1.29 is 0 Å². The zero-order chi connectivity index (χ0) is 14.2. The first-order valence-corrected chi connectivity index (χ1v) is 7.39. The molecule has 22 heavy (non-hydrogen) atoms. The summed E-state index contributed by atoms with van der Waals surface area (Å²) < 4.78 is 1.98. The fourth-order valence-corrected chi connectivity index (χ4v) is 2.88. The average molecular weight is 319 g/mol. The van der Waals surface area contributed by atoms with Crippen molar-refractivity contribution in [3.63, 3.8) is 0 Å². The summed E-state index contributed by atoms with van der Waals surface area (Å²) in [6, 6.07) is 6.64. The largest absolute Gasteiger partial charge is 0.337 e. The Kier molecular flexibility index (Phi) is 4.13. The van der Waals surface area contributed by atoms with Crippen LogP contribution in [0.25, 0.3) is 22.6 Å². The van der Waals surface area contributed by atoms with Gasteiger partial charge < -0.3 is 10.3 Å². The first kappa shape index (κ1) is 15.0. The molecule has 0 bridgehead atoms. The number of nitrogens with zero attached hydrogens (tertiary/aromatic N) is 4. The maximum absolute atomic E-state index is 4.60. The van der Waals surface area contributed by atoms with Gasteiger partial charge in [0.2, 0.25) is 0 Å². The molecule has 7 heteroatoms. The van der Waals surface area contributed by atoms with Gasteiger partial charge in [0.25, 0.3) is 0 Å². The topological polar surface area (TPSA) is 71.4 Å². The summed E-state index contributed by atoms with van der Waals surface area (Å²) in [6.45, 7) is 4.17. The van der Waals surface area contributed by atoms with Crippen LogP contribution in [-0.4, -0.2) is 38.1 Å². The van der Waals surface area contributed by atoms with E-state index in [1.165, 1.54) is 5.56 Å². The van der Waals surface area contributed by atoms with Crippen LogP contribution in [0, 0.1) is 6.92 Å². The summed E-state index contributed by atoms with van der Waals surface area (Å²) in [6.07, 6.45) is 4.20. The molecule has 0 atom stereocenters. The van der Waals surface area contributed by atoms with Crippen LogP contribution < -0.4 is 5.32 Å². The number of halogens is 1. The number of aryl methyl sites for hydroxylation is 1. The van der Waals surface area contributed by atoms with E-state index in [2.05, 4.69) is 44.7 Å². The molecule has 1 aliphatic heterocycles. The Hall–Kier alpha value is -1.92. The van der Waals surface area contributed by atoms with E-state index >= 15 is 0 Å². The molecule has 2 N–H and O–H groups in total. The summed E-state index contributed by atoms with van der Waals surface area (Å²) in [5, 5.41) is 11.9. The number of benzene rings is 1. The molecule has 1 aromatic carbocycles. The van der Waals surface area contributed by atoms with Crippen molar-refractivity contribution in [2.75, 3.05) is 13.1 Å². The number of aromatic amines is 1. The van der Waals surface area contributed by atoms with Crippen LogP contribution in [0.3, 0.4) is 0 Å². The van der Waals surface area contributed by atoms with Gasteiger partial charge in [0.15, 0.2) is 5.82 Å². The minimum absolute atomic E-state index is 0. The first-order valence-electron chi connectivity index (χ1n) is 7.39. The van der Waals surface area contributed by atoms with Crippen molar-refractivity contribution >= 4 is 23.4 Å². The normalized spacial score (nSPS) is 15.9. The van der Waals surface area contributed by atoms with Crippen LogP contribution in [0.1, 0.15) is 24.4 Å². The van der Waals surface area contributed by atoms with Crippen LogP contribution in [0.2, 0.25) is 0 Å². The SMILES string of the molecule is Cc1ccc2nc(-c3cn(C4CCNCC4)nn3)[nH]c2c1.Cl. The number of rotatable bonds is 2. The van der Waals surface area contributed by atoms with E-state index in [1.807, 2.05) is 16.9 Å². The van der Waals surface area contributed by atoms with Crippen LogP contribution in [-0.2, 0) is 0 Å². The third kappa shape index (κ3) is 2.71. The van der Waals surface area contributed by atoms with Crippen molar-refractivity contribution in [2.45, 2.75) is 25.8 Å². The predicted octanol–water partition coefficient (Wildman–Crippen LogP) is 2.48. The molecule has 0 saturated carbocycles. The maximum atomic E-state index is 4.60. The standard InChI is InChI=1S/C15H18N6.ClH/c1-10-2-3-12-13(8-10)18-15(17-12)14-9-21(20-19-14)11-4-6-16-7-5-11;/h2-3,8-9,11,16H,4-7H2,1H3,(H,17,18);1H. The molecular weight excluding hydrogens is 300 g/mol. The summed E-state index contributed by atoms with van der Waals surface area (Å²) in [4.78, 5) is 7.93. The van der Waals surface area contributed by atoms with Crippen LogP contribution in [0.4, 0.5) is 0 Å². The van der Waals surface area contributed by atoms with Gasteiger partial charge >= 0.3 is 0 Å². The highest BCUT2D eigenvalue weighted by Crippen LogP contribution is 2.22. The number of hydrogen-bond donors (Lipinski definition) is 2. The Morgan fingerprint density at radius 3 is 2.86 bits per heavy atom. The van der Waals surface area contributed by atoms with E-state index in [0.29, 0.717) is 6.04 Å². The Bertz CT molecular complexity index is 771. The predicted molar refractivity (Wildman–Crippen MR) is 88.2 cm³/mol. The molecule has 1 aliphatic rings. The summed E-state index contributed by atoms with van der Waals surface area (Å²) in [5.41, 5.74) is 4.03. The monoisotopic (exact) mass is 318 g/mol. The number of hydrogen-bond acceptors (Lipinski definition) is 4. The Morgan fingerprint density at radius 1 is 1.23 bits per heavy atom. The van der Waals surface area contributed by atoms with E-state index in [0.717, 1.165) is 48.5 Å². The average Bonchev–Trinajstić information content (AvgIpc) is 3.14. The van der Waals surface area contributed by atoms with E-state index in [9.17, 15) is 0 Å². The Morgan fingerprint density at radius 2 is 2.05 bits per heavy atom. The molecule has 0 spiro atoms. The smallest absolute Gasteiger partial charge is 0.160 e. The molecule has 0 aliphatic carbocycles. The molecular formula is C15H19ClN6. The number of aromatic nitrogens is 5. The lowest BCUT2D eigenvalue weighted by molar-refractivity contribution is 0.337. The van der Waals surface area contributed by atoms with E-state index in [1.54, 1.807) is 0 Å². The molecule has 6 nitrogen and oxygen atoms in total. The van der Waals surface area contributed by atoms with Crippen LogP contribution in [0.15, 0.2) is 24.4 Å². The summed E-state index contributed by atoms with van der Waals surface area (Å²) >= 11 is 0. The molecule has 0 amide bonds. The van der Waals surface area contributed by atoms with E-state index in [4.69, 9.17) is 0 Å². The zero-order valence-electron chi connectivity index (χ0n) is 12.4.